The standard InChI is InChI=1S/C16H27ClN2/c1-12(13-8-6-7-9-14(13)17)19(5)11-10-15(18)16(2,3)4/h6-9,12,15H,10-11,18H2,1-5H3. The van der Waals surface area contributed by atoms with Crippen molar-refractivity contribution < 1.29 is 0 Å². The Labute approximate surface area is 122 Å². The summed E-state index contributed by atoms with van der Waals surface area (Å²) in [6.07, 6.45) is 0.995. The highest BCUT2D eigenvalue weighted by Gasteiger charge is 2.22. The highest BCUT2D eigenvalue weighted by molar-refractivity contribution is 6.31. The van der Waals surface area contributed by atoms with E-state index >= 15 is 0 Å². The van der Waals surface area contributed by atoms with Crippen LogP contribution < -0.4 is 5.73 Å². The fourth-order valence-electron chi connectivity index (χ4n) is 2.02. The first kappa shape index (κ1) is 16.5. The van der Waals surface area contributed by atoms with E-state index in [-0.39, 0.29) is 11.5 Å². The van der Waals surface area contributed by atoms with Gasteiger partial charge in [-0.1, -0.05) is 50.6 Å². The van der Waals surface area contributed by atoms with Gasteiger partial charge in [0.2, 0.25) is 0 Å². The minimum Gasteiger partial charge on any atom is -0.327 e. The molecule has 0 aliphatic carbocycles. The van der Waals surface area contributed by atoms with Crippen molar-refractivity contribution >= 4 is 11.6 Å². The van der Waals surface area contributed by atoms with Crippen LogP contribution in [0.25, 0.3) is 0 Å². The van der Waals surface area contributed by atoms with Crippen LogP contribution in [0.1, 0.15) is 45.7 Å². The maximum Gasteiger partial charge on any atom is 0.0453 e. The van der Waals surface area contributed by atoms with Crippen molar-refractivity contribution in [2.24, 2.45) is 11.1 Å². The summed E-state index contributed by atoms with van der Waals surface area (Å²) in [5.41, 5.74) is 7.55. The maximum absolute atomic E-state index is 6.25. The molecule has 0 bridgehead atoms. The van der Waals surface area contributed by atoms with Gasteiger partial charge >= 0.3 is 0 Å². The first-order chi connectivity index (χ1) is 8.73. The Morgan fingerprint density at radius 1 is 1.26 bits per heavy atom. The van der Waals surface area contributed by atoms with Crippen LogP contribution in [-0.2, 0) is 0 Å². The number of halogens is 1. The second kappa shape index (κ2) is 6.74. The monoisotopic (exact) mass is 282 g/mol. The van der Waals surface area contributed by atoms with E-state index in [2.05, 4.69) is 45.7 Å². The summed E-state index contributed by atoms with van der Waals surface area (Å²) in [7, 11) is 2.13. The SMILES string of the molecule is CC(c1ccccc1Cl)N(C)CCC(N)C(C)(C)C. The minimum absolute atomic E-state index is 0.161. The molecule has 0 spiro atoms. The van der Waals surface area contributed by atoms with Crippen molar-refractivity contribution in [1.82, 2.24) is 4.90 Å². The molecule has 0 aromatic heterocycles. The van der Waals surface area contributed by atoms with Gasteiger partial charge in [0, 0.05) is 17.1 Å². The predicted octanol–water partition coefficient (Wildman–Crippen LogP) is 4.10. The number of nitrogens with zero attached hydrogens (tertiary/aromatic N) is 1. The van der Waals surface area contributed by atoms with Gasteiger partial charge in [0.25, 0.3) is 0 Å². The topological polar surface area (TPSA) is 29.3 Å². The summed E-state index contributed by atoms with van der Waals surface area (Å²) >= 11 is 6.25. The molecule has 0 amide bonds. The van der Waals surface area contributed by atoms with Crippen LogP contribution in [-0.4, -0.2) is 24.5 Å². The first-order valence-corrected chi connectivity index (χ1v) is 7.31. The van der Waals surface area contributed by atoms with Crippen molar-refractivity contribution in [3.05, 3.63) is 34.9 Å². The molecule has 1 aromatic rings. The second-order valence-corrected chi connectivity index (χ2v) is 6.85. The highest BCUT2D eigenvalue weighted by Crippen LogP contribution is 2.27. The van der Waals surface area contributed by atoms with Gasteiger partial charge in [-0.3, -0.25) is 4.90 Å². The summed E-state index contributed by atoms with van der Waals surface area (Å²) in [5, 5.41) is 0.835. The smallest absolute Gasteiger partial charge is 0.0453 e. The van der Waals surface area contributed by atoms with Crippen molar-refractivity contribution in [3.8, 4) is 0 Å². The Bertz CT molecular complexity index is 398. The molecule has 0 fully saturated rings. The zero-order valence-corrected chi connectivity index (χ0v) is 13.5. The van der Waals surface area contributed by atoms with Crippen LogP contribution in [0.4, 0.5) is 0 Å². The number of nitrogens with two attached hydrogens (primary N) is 1. The molecule has 3 heteroatoms. The summed E-state index contributed by atoms with van der Waals surface area (Å²) in [6.45, 7) is 9.73. The molecule has 19 heavy (non-hydrogen) atoms. The third kappa shape index (κ3) is 4.79. The van der Waals surface area contributed by atoms with E-state index in [1.165, 1.54) is 5.56 Å². The fourth-order valence-corrected chi connectivity index (χ4v) is 2.31. The van der Waals surface area contributed by atoms with Crippen molar-refractivity contribution in [2.75, 3.05) is 13.6 Å². The number of hydrogen-bond donors (Lipinski definition) is 1. The largest absolute Gasteiger partial charge is 0.327 e. The molecular weight excluding hydrogens is 256 g/mol. The zero-order chi connectivity index (χ0) is 14.6. The van der Waals surface area contributed by atoms with Crippen molar-refractivity contribution in [2.45, 2.75) is 46.2 Å². The lowest BCUT2D eigenvalue weighted by atomic mass is 9.85. The third-order valence-corrected chi connectivity index (χ3v) is 4.27. The van der Waals surface area contributed by atoms with Gasteiger partial charge in [0.15, 0.2) is 0 Å². The quantitative estimate of drug-likeness (QED) is 0.881. The average molecular weight is 283 g/mol. The van der Waals surface area contributed by atoms with Gasteiger partial charge in [0.05, 0.1) is 0 Å². The molecule has 108 valence electrons. The Balaban J connectivity index is 2.59. The molecular formula is C16H27ClN2. The fraction of sp³-hybridized carbons (Fsp3) is 0.625. The summed E-state index contributed by atoms with van der Waals surface area (Å²) in [4.78, 5) is 2.31. The lowest BCUT2D eigenvalue weighted by molar-refractivity contribution is 0.220. The molecule has 2 unspecified atom stereocenters. The van der Waals surface area contributed by atoms with E-state index in [1.807, 2.05) is 18.2 Å². The Hall–Kier alpha value is -0.570. The number of benzene rings is 1. The van der Waals surface area contributed by atoms with E-state index < -0.39 is 0 Å². The van der Waals surface area contributed by atoms with E-state index in [0.29, 0.717) is 6.04 Å². The summed E-state index contributed by atoms with van der Waals surface area (Å²) < 4.78 is 0. The van der Waals surface area contributed by atoms with Crippen LogP contribution in [0.15, 0.2) is 24.3 Å². The zero-order valence-electron chi connectivity index (χ0n) is 12.8. The van der Waals surface area contributed by atoms with Gasteiger partial charge in [-0.15, -0.1) is 0 Å². The van der Waals surface area contributed by atoms with Crippen LogP contribution in [0, 0.1) is 5.41 Å². The highest BCUT2D eigenvalue weighted by atomic mass is 35.5. The Morgan fingerprint density at radius 2 is 1.84 bits per heavy atom. The third-order valence-electron chi connectivity index (χ3n) is 3.92. The molecule has 0 aliphatic heterocycles. The minimum atomic E-state index is 0.161. The number of rotatable bonds is 5. The van der Waals surface area contributed by atoms with Crippen molar-refractivity contribution in [3.63, 3.8) is 0 Å². The van der Waals surface area contributed by atoms with Gasteiger partial charge in [-0.25, -0.2) is 0 Å². The van der Waals surface area contributed by atoms with Crippen LogP contribution in [0.5, 0.6) is 0 Å². The molecule has 0 radical (unpaired) electrons. The first-order valence-electron chi connectivity index (χ1n) is 6.93. The van der Waals surface area contributed by atoms with E-state index in [4.69, 9.17) is 17.3 Å². The van der Waals surface area contributed by atoms with Crippen LogP contribution >= 0.6 is 11.6 Å². The molecule has 0 heterocycles. The molecule has 1 aromatic carbocycles. The van der Waals surface area contributed by atoms with E-state index in [9.17, 15) is 0 Å². The van der Waals surface area contributed by atoms with Crippen molar-refractivity contribution in [1.29, 1.82) is 0 Å². The average Bonchev–Trinajstić information content (AvgIpc) is 2.34. The molecule has 2 N–H and O–H groups in total. The normalized spacial score (nSPS) is 15.6. The maximum atomic E-state index is 6.25. The molecule has 2 atom stereocenters. The van der Waals surface area contributed by atoms with Crippen LogP contribution in [0.3, 0.4) is 0 Å². The summed E-state index contributed by atoms with van der Waals surface area (Å²) in [6, 6.07) is 8.56. The summed E-state index contributed by atoms with van der Waals surface area (Å²) in [5.74, 6) is 0. The second-order valence-electron chi connectivity index (χ2n) is 6.44. The lowest BCUT2D eigenvalue weighted by Gasteiger charge is -2.31. The van der Waals surface area contributed by atoms with Crippen LogP contribution in [0.2, 0.25) is 5.02 Å². The molecule has 1 rings (SSSR count). The lowest BCUT2D eigenvalue weighted by Crippen LogP contribution is -2.38. The molecule has 2 nitrogen and oxygen atoms in total. The van der Waals surface area contributed by atoms with E-state index in [1.54, 1.807) is 0 Å². The molecule has 0 saturated carbocycles. The van der Waals surface area contributed by atoms with Gasteiger partial charge in [0.1, 0.15) is 0 Å². The van der Waals surface area contributed by atoms with Gasteiger partial charge in [-0.05, 0) is 44.0 Å². The van der Waals surface area contributed by atoms with Gasteiger partial charge < -0.3 is 5.73 Å². The molecule has 0 saturated heterocycles. The Morgan fingerprint density at radius 3 is 2.37 bits per heavy atom. The predicted molar refractivity (Wildman–Crippen MR) is 84.5 cm³/mol. The Kier molecular flexibility index (Phi) is 5.84. The van der Waals surface area contributed by atoms with Gasteiger partial charge in [-0.2, -0.15) is 0 Å². The molecule has 0 aliphatic rings. The van der Waals surface area contributed by atoms with E-state index in [0.717, 1.165) is 18.0 Å². The number of hydrogen-bond acceptors (Lipinski definition) is 2.